The van der Waals surface area contributed by atoms with E-state index in [1.807, 2.05) is 26.0 Å². The summed E-state index contributed by atoms with van der Waals surface area (Å²) in [6.45, 7) is 6.39. The van der Waals surface area contributed by atoms with Gasteiger partial charge in [-0.15, -0.1) is 11.3 Å². The maximum atomic E-state index is 12.0. The van der Waals surface area contributed by atoms with Crippen molar-refractivity contribution in [2.75, 3.05) is 18.5 Å². The second-order valence-electron chi connectivity index (χ2n) is 5.94. The highest BCUT2D eigenvalue weighted by molar-refractivity contribution is 7.20. The number of rotatable bonds is 6. The van der Waals surface area contributed by atoms with E-state index in [0.29, 0.717) is 30.2 Å². The lowest BCUT2D eigenvalue weighted by molar-refractivity contribution is -0.114. The number of hydrogen-bond donors (Lipinski definition) is 2. The third-order valence-electron chi connectivity index (χ3n) is 4.23. The molecule has 0 unspecified atom stereocenters. The molecule has 0 atom stereocenters. The number of carbonyl (C=O) groups is 2. The molecule has 0 fully saturated rings. The largest absolute Gasteiger partial charge is 0.490 e. The number of benzene rings is 1. The summed E-state index contributed by atoms with van der Waals surface area (Å²) in [7, 11) is 0. The van der Waals surface area contributed by atoms with E-state index in [9.17, 15) is 9.59 Å². The number of fused-ring (bicyclic) bond motifs is 3. The normalized spacial score (nSPS) is 12.1. The predicted molar refractivity (Wildman–Crippen MR) is 102 cm³/mol. The van der Waals surface area contributed by atoms with Crippen LogP contribution in [0.15, 0.2) is 12.1 Å². The number of carbonyl (C=O) groups excluding carboxylic acids is 2. The molecule has 7 heteroatoms. The van der Waals surface area contributed by atoms with Crippen molar-refractivity contribution in [3.8, 4) is 21.9 Å². The number of anilines is 1. The van der Waals surface area contributed by atoms with E-state index in [0.717, 1.165) is 39.5 Å². The summed E-state index contributed by atoms with van der Waals surface area (Å²) in [6, 6.07) is 3.88. The highest BCUT2D eigenvalue weighted by atomic mass is 32.1. The zero-order valence-electron chi connectivity index (χ0n) is 15.1. The molecule has 0 aliphatic heterocycles. The lowest BCUT2D eigenvalue weighted by atomic mass is 9.88. The van der Waals surface area contributed by atoms with Crippen LogP contribution in [0.1, 0.15) is 42.3 Å². The predicted octanol–water partition coefficient (Wildman–Crippen LogP) is 3.37. The molecule has 0 radical (unpaired) electrons. The molecular weight excluding hydrogens is 352 g/mol. The molecule has 3 N–H and O–H groups in total. The fraction of sp³-hybridized carbons (Fsp3) is 0.368. The molecule has 1 aromatic carbocycles. The van der Waals surface area contributed by atoms with Gasteiger partial charge in [0.05, 0.1) is 18.8 Å². The van der Waals surface area contributed by atoms with Crippen LogP contribution in [0.4, 0.5) is 5.00 Å². The van der Waals surface area contributed by atoms with Crippen LogP contribution in [0.3, 0.4) is 0 Å². The number of thiophene rings is 1. The Balaban J connectivity index is 2.18. The molecule has 26 heavy (non-hydrogen) atoms. The van der Waals surface area contributed by atoms with Crippen molar-refractivity contribution in [2.24, 2.45) is 5.73 Å². The highest BCUT2D eigenvalue weighted by Crippen LogP contribution is 2.49. The second-order valence-corrected chi connectivity index (χ2v) is 6.96. The zero-order chi connectivity index (χ0) is 18.8. The summed E-state index contributed by atoms with van der Waals surface area (Å²) in [5.41, 5.74) is 8.97. The summed E-state index contributed by atoms with van der Waals surface area (Å²) >= 11 is 1.38. The van der Waals surface area contributed by atoms with Gasteiger partial charge in [0.1, 0.15) is 5.00 Å². The molecule has 2 aromatic rings. The van der Waals surface area contributed by atoms with Gasteiger partial charge in [-0.2, -0.15) is 0 Å². The molecule has 0 bridgehead atoms. The number of nitrogens with one attached hydrogen (secondary N) is 1. The second kappa shape index (κ2) is 7.37. The Morgan fingerprint density at radius 2 is 1.85 bits per heavy atom. The summed E-state index contributed by atoms with van der Waals surface area (Å²) in [5, 5.41) is 3.25. The fourth-order valence-electron chi connectivity index (χ4n) is 3.32. The highest BCUT2D eigenvalue weighted by Gasteiger charge is 2.30. The smallest absolute Gasteiger partial charge is 0.252 e. The van der Waals surface area contributed by atoms with Crippen molar-refractivity contribution in [1.82, 2.24) is 0 Å². The van der Waals surface area contributed by atoms with Gasteiger partial charge >= 0.3 is 0 Å². The van der Waals surface area contributed by atoms with Crippen molar-refractivity contribution in [2.45, 2.75) is 33.6 Å². The van der Waals surface area contributed by atoms with Crippen molar-refractivity contribution in [3.63, 3.8) is 0 Å². The van der Waals surface area contributed by atoms with Crippen LogP contribution in [0.5, 0.6) is 11.5 Å². The molecule has 0 saturated carbocycles. The minimum Gasteiger partial charge on any atom is -0.490 e. The van der Waals surface area contributed by atoms with Gasteiger partial charge in [-0.25, -0.2) is 0 Å². The quantitative estimate of drug-likeness (QED) is 0.811. The number of primary amides is 1. The first-order valence-electron chi connectivity index (χ1n) is 8.62. The fourth-order valence-corrected chi connectivity index (χ4v) is 4.67. The van der Waals surface area contributed by atoms with Gasteiger partial charge in [0.15, 0.2) is 11.5 Å². The minimum atomic E-state index is -0.523. The molecule has 1 aliphatic rings. The zero-order valence-corrected chi connectivity index (χ0v) is 15.9. The number of amides is 2. The summed E-state index contributed by atoms with van der Waals surface area (Å²) < 4.78 is 11.6. The van der Waals surface area contributed by atoms with E-state index in [1.54, 1.807) is 0 Å². The molecule has 2 amide bonds. The molecule has 1 aliphatic carbocycles. The Labute approximate surface area is 156 Å². The van der Waals surface area contributed by atoms with Gasteiger partial charge in [-0.05, 0) is 49.9 Å². The maximum Gasteiger partial charge on any atom is 0.252 e. The van der Waals surface area contributed by atoms with Gasteiger partial charge in [-0.1, -0.05) is 0 Å². The Morgan fingerprint density at radius 1 is 1.15 bits per heavy atom. The van der Waals surface area contributed by atoms with Gasteiger partial charge < -0.3 is 20.5 Å². The Hall–Kier alpha value is -2.54. The molecular formula is C19H22N2O4S. The molecule has 6 nitrogen and oxygen atoms in total. The van der Waals surface area contributed by atoms with Crippen molar-refractivity contribution in [3.05, 3.63) is 28.8 Å². The van der Waals surface area contributed by atoms with Gasteiger partial charge in [0, 0.05) is 17.4 Å². The van der Waals surface area contributed by atoms with E-state index in [2.05, 4.69) is 5.32 Å². The van der Waals surface area contributed by atoms with E-state index in [1.165, 1.54) is 18.3 Å². The molecule has 0 saturated heterocycles. The molecule has 0 spiro atoms. The van der Waals surface area contributed by atoms with Gasteiger partial charge in [0.2, 0.25) is 5.91 Å². The minimum absolute atomic E-state index is 0.229. The van der Waals surface area contributed by atoms with Crippen LogP contribution in [0.25, 0.3) is 10.4 Å². The number of nitrogens with two attached hydrogens (primary N) is 1. The lowest BCUT2D eigenvalue weighted by Crippen LogP contribution is -2.17. The number of hydrogen-bond acceptors (Lipinski definition) is 5. The van der Waals surface area contributed by atoms with Crippen LogP contribution >= 0.6 is 11.3 Å². The van der Waals surface area contributed by atoms with E-state index < -0.39 is 5.91 Å². The monoisotopic (exact) mass is 374 g/mol. The van der Waals surface area contributed by atoms with E-state index in [4.69, 9.17) is 15.2 Å². The van der Waals surface area contributed by atoms with Crippen LogP contribution in [0.2, 0.25) is 0 Å². The van der Waals surface area contributed by atoms with Crippen molar-refractivity contribution < 1.29 is 19.1 Å². The standard InChI is InChI=1S/C19H22N2O4S/c1-4-24-14-9-8-12-11(16(14)25-5-2)6-7-13-15(18(20)23)19(21-10(3)22)26-17(12)13/h8-9H,4-7H2,1-3H3,(H2,20,23)(H,21,22). The molecule has 138 valence electrons. The molecule has 1 aromatic heterocycles. The Kier molecular flexibility index (Phi) is 5.18. The van der Waals surface area contributed by atoms with Gasteiger partial charge in [0.25, 0.3) is 5.91 Å². The van der Waals surface area contributed by atoms with Gasteiger partial charge in [-0.3, -0.25) is 9.59 Å². The third kappa shape index (κ3) is 3.14. The lowest BCUT2D eigenvalue weighted by Gasteiger charge is -2.22. The maximum absolute atomic E-state index is 12.0. The average Bonchev–Trinajstić information content (AvgIpc) is 2.94. The number of ether oxygens (including phenoxy) is 2. The van der Waals surface area contributed by atoms with Crippen LogP contribution in [-0.4, -0.2) is 25.0 Å². The Morgan fingerprint density at radius 3 is 2.46 bits per heavy atom. The summed E-state index contributed by atoms with van der Waals surface area (Å²) in [4.78, 5) is 24.5. The summed E-state index contributed by atoms with van der Waals surface area (Å²) in [5.74, 6) is 0.733. The average molecular weight is 374 g/mol. The van der Waals surface area contributed by atoms with Crippen molar-refractivity contribution >= 4 is 28.2 Å². The van der Waals surface area contributed by atoms with E-state index in [-0.39, 0.29) is 5.91 Å². The van der Waals surface area contributed by atoms with Crippen LogP contribution in [-0.2, 0) is 17.6 Å². The van der Waals surface area contributed by atoms with Crippen LogP contribution < -0.4 is 20.5 Å². The first-order chi connectivity index (χ1) is 12.5. The first-order valence-corrected chi connectivity index (χ1v) is 9.44. The van der Waals surface area contributed by atoms with Crippen LogP contribution in [0, 0.1) is 0 Å². The molecule has 1 heterocycles. The SMILES string of the molecule is CCOc1ccc2c(c1OCC)CCc1c-2sc(NC(C)=O)c1C(N)=O. The molecule has 3 rings (SSSR count). The third-order valence-corrected chi connectivity index (χ3v) is 5.41. The Bertz CT molecular complexity index is 873. The van der Waals surface area contributed by atoms with E-state index >= 15 is 0 Å². The summed E-state index contributed by atoms with van der Waals surface area (Å²) in [6.07, 6.45) is 1.38. The van der Waals surface area contributed by atoms with Crippen molar-refractivity contribution in [1.29, 1.82) is 0 Å². The topological polar surface area (TPSA) is 90.7 Å². The first kappa shape index (κ1) is 18.3.